The molecule has 2 aliphatic heterocycles. The third-order valence-electron chi connectivity index (χ3n) is 5.45. The van der Waals surface area contributed by atoms with Gasteiger partial charge in [-0.25, -0.2) is 13.2 Å². The topological polar surface area (TPSA) is 75.7 Å². The van der Waals surface area contributed by atoms with Gasteiger partial charge in [0.15, 0.2) is 9.84 Å². The fourth-order valence-corrected chi connectivity index (χ4v) is 6.44. The van der Waals surface area contributed by atoms with Gasteiger partial charge < -0.3 is 15.0 Å². The summed E-state index contributed by atoms with van der Waals surface area (Å²) < 4.78 is 29.3. The van der Waals surface area contributed by atoms with Crippen molar-refractivity contribution < 1.29 is 17.9 Å². The van der Waals surface area contributed by atoms with E-state index in [-0.39, 0.29) is 23.0 Å². The number of hydrogen-bond acceptors (Lipinski definition) is 4. The SMILES string of the molecule is O=C(NCCOC1CCCC1)N1CCCC2(CCS(=O)(=O)C2)C1. The van der Waals surface area contributed by atoms with Crippen LogP contribution in [0, 0.1) is 5.41 Å². The Labute approximate surface area is 138 Å². The van der Waals surface area contributed by atoms with E-state index in [0.29, 0.717) is 32.2 Å². The number of nitrogens with one attached hydrogen (secondary N) is 1. The first-order chi connectivity index (χ1) is 11.0. The fourth-order valence-electron chi connectivity index (χ4n) is 4.24. The summed E-state index contributed by atoms with van der Waals surface area (Å²) in [4.78, 5) is 14.1. The summed E-state index contributed by atoms with van der Waals surface area (Å²) in [6.45, 7) is 2.37. The molecule has 7 heteroatoms. The largest absolute Gasteiger partial charge is 0.376 e. The molecule has 0 aromatic heterocycles. The van der Waals surface area contributed by atoms with Crippen LogP contribution in [0.25, 0.3) is 0 Å². The molecule has 2 heterocycles. The molecule has 6 nitrogen and oxygen atoms in total. The summed E-state index contributed by atoms with van der Waals surface area (Å²) >= 11 is 0. The highest BCUT2D eigenvalue weighted by atomic mass is 32.2. The number of carbonyl (C=O) groups is 1. The van der Waals surface area contributed by atoms with Crippen LogP contribution in [0.2, 0.25) is 0 Å². The van der Waals surface area contributed by atoms with Crippen LogP contribution in [0.15, 0.2) is 0 Å². The number of hydrogen-bond donors (Lipinski definition) is 1. The van der Waals surface area contributed by atoms with E-state index in [1.807, 2.05) is 0 Å². The highest BCUT2D eigenvalue weighted by Crippen LogP contribution is 2.40. The zero-order valence-electron chi connectivity index (χ0n) is 13.8. The standard InChI is InChI=1S/C16H28N2O4S/c19-15(17-8-10-22-14-4-1-2-5-14)18-9-3-6-16(12-18)7-11-23(20,21)13-16/h14H,1-13H2,(H,17,19). The second-order valence-electron chi connectivity index (χ2n) is 7.38. The number of carbonyl (C=O) groups excluding carboxylic acids is 1. The third kappa shape index (κ3) is 4.38. The Bertz CT molecular complexity index is 530. The lowest BCUT2D eigenvalue weighted by Crippen LogP contribution is -2.50. The van der Waals surface area contributed by atoms with E-state index in [4.69, 9.17) is 4.74 Å². The van der Waals surface area contributed by atoms with E-state index in [9.17, 15) is 13.2 Å². The van der Waals surface area contributed by atoms with Gasteiger partial charge in [-0.3, -0.25) is 0 Å². The second-order valence-corrected chi connectivity index (χ2v) is 9.56. The summed E-state index contributed by atoms with van der Waals surface area (Å²) in [5.41, 5.74) is -0.200. The van der Waals surface area contributed by atoms with Gasteiger partial charge in [-0.2, -0.15) is 0 Å². The molecular formula is C16H28N2O4S. The molecule has 23 heavy (non-hydrogen) atoms. The Morgan fingerprint density at radius 3 is 2.70 bits per heavy atom. The molecule has 3 fully saturated rings. The van der Waals surface area contributed by atoms with Crippen molar-refractivity contribution >= 4 is 15.9 Å². The van der Waals surface area contributed by atoms with Crippen molar-refractivity contribution in [2.75, 3.05) is 37.7 Å². The maximum absolute atomic E-state index is 12.3. The van der Waals surface area contributed by atoms with Crippen molar-refractivity contribution in [3.63, 3.8) is 0 Å². The number of urea groups is 1. The highest BCUT2D eigenvalue weighted by Gasteiger charge is 2.45. The predicted octanol–water partition coefficient (Wildman–Crippen LogP) is 1.56. The minimum atomic E-state index is -2.91. The molecular weight excluding hydrogens is 316 g/mol. The Hall–Kier alpha value is -0.820. The van der Waals surface area contributed by atoms with Crippen molar-refractivity contribution in [2.45, 2.75) is 51.0 Å². The molecule has 1 unspecified atom stereocenters. The van der Waals surface area contributed by atoms with E-state index >= 15 is 0 Å². The third-order valence-corrected chi connectivity index (χ3v) is 7.33. The van der Waals surface area contributed by atoms with Crippen LogP contribution in [-0.2, 0) is 14.6 Å². The molecule has 132 valence electrons. The number of sulfone groups is 1. The first-order valence-corrected chi connectivity index (χ1v) is 10.7. The maximum Gasteiger partial charge on any atom is 0.317 e. The summed E-state index contributed by atoms with van der Waals surface area (Å²) in [6.07, 6.45) is 7.64. The van der Waals surface area contributed by atoms with Crippen molar-refractivity contribution in [3.05, 3.63) is 0 Å². The zero-order chi connectivity index (χ0) is 16.3. The smallest absolute Gasteiger partial charge is 0.317 e. The molecule has 0 radical (unpaired) electrons. The fraction of sp³-hybridized carbons (Fsp3) is 0.938. The number of likely N-dealkylation sites (tertiary alicyclic amines) is 1. The molecule has 2 saturated heterocycles. The van der Waals surface area contributed by atoms with Crippen LogP contribution in [0.5, 0.6) is 0 Å². The number of ether oxygens (including phenoxy) is 1. The minimum absolute atomic E-state index is 0.0802. The normalized spacial score (nSPS) is 30.9. The first-order valence-electron chi connectivity index (χ1n) is 8.83. The van der Waals surface area contributed by atoms with E-state index < -0.39 is 9.84 Å². The van der Waals surface area contributed by atoms with Crippen LogP contribution >= 0.6 is 0 Å². The average Bonchev–Trinajstić information content (AvgIpc) is 3.12. The van der Waals surface area contributed by atoms with Crippen LogP contribution in [0.1, 0.15) is 44.9 Å². The van der Waals surface area contributed by atoms with Crippen LogP contribution < -0.4 is 5.32 Å². The van der Waals surface area contributed by atoms with Crippen LogP contribution in [0.3, 0.4) is 0 Å². The number of rotatable bonds is 4. The lowest BCUT2D eigenvalue weighted by molar-refractivity contribution is 0.0594. The summed E-state index contributed by atoms with van der Waals surface area (Å²) in [6, 6.07) is -0.0802. The van der Waals surface area contributed by atoms with Gasteiger partial charge >= 0.3 is 6.03 Å². The molecule has 0 aromatic carbocycles. The molecule has 1 saturated carbocycles. The second kappa shape index (κ2) is 6.97. The summed E-state index contributed by atoms with van der Waals surface area (Å²) in [5.74, 6) is 0.520. The van der Waals surface area contributed by atoms with E-state index in [1.54, 1.807) is 4.90 Å². The molecule has 3 aliphatic rings. The number of amides is 2. The Morgan fingerprint density at radius 1 is 1.22 bits per heavy atom. The summed E-state index contributed by atoms with van der Waals surface area (Å²) in [7, 11) is -2.91. The van der Waals surface area contributed by atoms with Crippen molar-refractivity contribution in [2.24, 2.45) is 5.41 Å². The monoisotopic (exact) mass is 344 g/mol. The molecule has 1 atom stereocenters. The Kier molecular flexibility index (Phi) is 5.16. The van der Waals surface area contributed by atoms with E-state index in [1.165, 1.54) is 12.8 Å². The Balaban J connectivity index is 1.42. The maximum atomic E-state index is 12.3. The molecule has 2 amide bonds. The summed E-state index contributed by atoms with van der Waals surface area (Å²) in [5, 5.41) is 2.92. The van der Waals surface area contributed by atoms with Gasteiger partial charge in [-0.15, -0.1) is 0 Å². The quantitative estimate of drug-likeness (QED) is 0.785. The zero-order valence-corrected chi connectivity index (χ0v) is 14.6. The van der Waals surface area contributed by atoms with Crippen LogP contribution in [-0.4, -0.2) is 63.2 Å². The molecule has 0 aromatic rings. The lowest BCUT2D eigenvalue weighted by atomic mass is 9.80. The van der Waals surface area contributed by atoms with Crippen molar-refractivity contribution in [3.8, 4) is 0 Å². The van der Waals surface area contributed by atoms with E-state index in [0.717, 1.165) is 32.2 Å². The highest BCUT2D eigenvalue weighted by molar-refractivity contribution is 7.91. The van der Waals surface area contributed by atoms with E-state index in [2.05, 4.69) is 5.32 Å². The first kappa shape index (κ1) is 17.0. The lowest BCUT2D eigenvalue weighted by Gasteiger charge is -2.39. The van der Waals surface area contributed by atoms with Gasteiger partial charge in [-0.1, -0.05) is 12.8 Å². The van der Waals surface area contributed by atoms with Crippen molar-refractivity contribution in [1.29, 1.82) is 0 Å². The molecule has 1 N–H and O–H groups in total. The minimum Gasteiger partial charge on any atom is -0.376 e. The van der Waals surface area contributed by atoms with Gasteiger partial charge in [0, 0.05) is 25.0 Å². The molecule has 0 bridgehead atoms. The van der Waals surface area contributed by atoms with Gasteiger partial charge in [0.05, 0.1) is 24.2 Å². The Morgan fingerprint density at radius 2 is 2.00 bits per heavy atom. The average molecular weight is 344 g/mol. The molecule has 1 spiro atoms. The van der Waals surface area contributed by atoms with Gasteiger partial charge in [-0.05, 0) is 32.1 Å². The van der Waals surface area contributed by atoms with Crippen molar-refractivity contribution in [1.82, 2.24) is 10.2 Å². The predicted molar refractivity (Wildman–Crippen MR) is 88.1 cm³/mol. The van der Waals surface area contributed by atoms with Gasteiger partial charge in [0.2, 0.25) is 0 Å². The number of piperidine rings is 1. The van der Waals surface area contributed by atoms with Crippen LogP contribution in [0.4, 0.5) is 4.79 Å². The molecule has 3 rings (SSSR count). The van der Waals surface area contributed by atoms with Gasteiger partial charge in [0.25, 0.3) is 0 Å². The number of nitrogens with zero attached hydrogens (tertiary/aromatic N) is 1. The molecule has 1 aliphatic carbocycles. The van der Waals surface area contributed by atoms with Gasteiger partial charge in [0.1, 0.15) is 0 Å².